The van der Waals surface area contributed by atoms with Gasteiger partial charge in [0.25, 0.3) is 0 Å². The topological polar surface area (TPSA) is 20.2 Å². The van der Waals surface area contributed by atoms with Gasteiger partial charge in [0.05, 0.1) is 5.60 Å². The van der Waals surface area contributed by atoms with Crippen molar-refractivity contribution in [2.75, 3.05) is 0 Å². The lowest BCUT2D eigenvalue weighted by Gasteiger charge is -2.28. The fraction of sp³-hybridized carbons (Fsp3) is 1.00. The third-order valence-corrected chi connectivity index (χ3v) is 2.48. The van der Waals surface area contributed by atoms with E-state index in [1.807, 2.05) is 20.8 Å². The van der Waals surface area contributed by atoms with E-state index in [1.54, 1.807) is 0 Å². The molecular formula is C7H16OS. The van der Waals surface area contributed by atoms with Gasteiger partial charge in [0.1, 0.15) is 0 Å². The lowest BCUT2D eigenvalue weighted by molar-refractivity contribution is 0.0347. The van der Waals surface area contributed by atoms with Gasteiger partial charge >= 0.3 is 0 Å². The van der Waals surface area contributed by atoms with Gasteiger partial charge in [0.2, 0.25) is 0 Å². The highest BCUT2D eigenvalue weighted by Gasteiger charge is 2.26. The average molecular weight is 148 g/mol. The van der Waals surface area contributed by atoms with Gasteiger partial charge in [-0.15, -0.1) is 0 Å². The van der Waals surface area contributed by atoms with E-state index in [-0.39, 0.29) is 5.25 Å². The first-order valence-electron chi connectivity index (χ1n) is 3.47. The molecule has 1 nitrogen and oxygen atoms in total. The van der Waals surface area contributed by atoms with Crippen LogP contribution in [0.4, 0.5) is 0 Å². The van der Waals surface area contributed by atoms with Crippen LogP contribution < -0.4 is 0 Å². The van der Waals surface area contributed by atoms with Crippen LogP contribution in [0.3, 0.4) is 0 Å². The van der Waals surface area contributed by atoms with Crippen LogP contribution in [0.25, 0.3) is 0 Å². The van der Waals surface area contributed by atoms with Gasteiger partial charge in [-0.2, -0.15) is 12.6 Å². The number of rotatable bonds is 3. The number of hydrogen-bond donors (Lipinski definition) is 2. The Kier molecular flexibility index (Phi) is 3.59. The molecule has 1 N–H and O–H groups in total. The Labute approximate surface area is 62.9 Å². The highest BCUT2D eigenvalue weighted by Crippen LogP contribution is 2.22. The van der Waals surface area contributed by atoms with E-state index in [0.717, 1.165) is 12.8 Å². The standard InChI is InChI=1S/C7H16OS/c1-4-7(8,5-2)6(3)9/h6,8-9H,4-5H2,1-3H3. The summed E-state index contributed by atoms with van der Waals surface area (Å²) in [6.45, 7) is 5.89. The van der Waals surface area contributed by atoms with Gasteiger partial charge in [0.15, 0.2) is 0 Å². The molecule has 2 heteroatoms. The second-order valence-electron chi connectivity index (χ2n) is 2.49. The predicted octanol–water partition coefficient (Wildman–Crippen LogP) is 1.86. The molecule has 0 aliphatic rings. The second-order valence-corrected chi connectivity index (χ2v) is 3.26. The summed E-state index contributed by atoms with van der Waals surface area (Å²) in [6.07, 6.45) is 1.57. The summed E-state index contributed by atoms with van der Waals surface area (Å²) >= 11 is 4.19. The molecule has 0 aliphatic carbocycles. The molecule has 0 rings (SSSR count). The zero-order chi connectivity index (χ0) is 7.49. The SMILES string of the molecule is CCC(O)(CC)C(C)S. The van der Waals surface area contributed by atoms with Crippen LogP contribution in [0.1, 0.15) is 33.6 Å². The number of thiol groups is 1. The minimum Gasteiger partial charge on any atom is -0.389 e. The predicted molar refractivity (Wildman–Crippen MR) is 44.0 cm³/mol. The Balaban J connectivity index is 3.92. The maximum atomic E-state index is 9.63. The van der Waals surface area contributed by atoms with Crippen LogP contribution >= 0.6 is 12.6 Å². The number of hydrogen-bond acceptors (Lipinski definition) is 2. The molecule has 0 radical (unpaired) electrons. The highest BCUT2D eigenvalue weighted by atomic mass is 32.1. The van der Waals surface area contributed by atoms with Crippen LogP contribution in [0.2, 0.25) is 0 Å². The van der Waals surface area contributed by atoms with Crippen molar-refractivity contribution >= 4 is 12.6 Å². The van der Waals surface area contributed by atoms with E-state index in [2.05, 4.69) is 12.6 Å². The minimum absolute atomic E-state index is 0.0764. The van der Waals surface area contributed by atoms with Crippen LogP contribution in [-0.4, -0.2) is 16.0 Å². The highest BCUT2D eigenvalue weighted by molar-refractivity contribution is 7.81. The monoisotopic (exact) mass is 148 g/mol. The van der Waals surface area contributed by atoms with Gasteiger partial charge in [-0.1, -0.05) is 20.8 Å². The minimum atomic E-state index is -0.552. The Morgan fingerprint density at radius 1 is 1.44 bits per heavy atom. The summed E-state index contributed by atoms with van der Waals surface area (Å²) in [5.74, 6) is 0. The summed E-state index contributed by atoms with van der Waals surface area (Å²) in [7, 11) is 0. The van der Waals surface area contributed by atoms with E-state index >= 15 is 0 Å². The van der Waals surface area contributed by atoms with Crippen molar-refractivity contribution in [1.29, 1.82) is 0 Å². The summed E-state index contributed by atoms with van der Waals surface area (Å²) in [5.41, 5.74) is -0.552. The van der Waals surface area contributed by atoms with Crippen LogP contribution in [-0.2, 0) is 0 Å². The zero-order valence-electron chi connectivity index (χ0n) is 6.39. The number of aliphatic hydroxyl groups is 1. The van der Waals surface area contributed by atoms with Crippen molar-refractivity contribution in [3.05, 3.63) is 0 Å². The normalized spacial score (nSPS) is 15.7. The fourth-order valence-corrected chi connectivity index (χ4v) is 1.21. The van der Waals surface area contributed by atoms with Crippen molar-refractivity contribution < 1.29 is 5.11 Å². The lowest BCUT2D eigenvalue weighted by Crippen LogP contribution is -2.35. The molecule has 0 aromatic heterocycles. The molecule has 0 fully saturated rings. The molecule has 0 saturated heterocycles. The van der Waals surface area contributed by atoms with Gasteiger partial charge in [-0.25, -0.2) is 0 Å². The molecule has 0 amide bonds. The molecule has 56 valence electrons. The molecular weight excluding hydrogens is 132 g/mol. The molecule has 0 heterocycles. The maximum Gasteiger partial charge on any atom is 0.0755 e. The fourth-order valence-electron chi connectivity index (χ4n) is 0.841. The third-order valence-electron chi connectivity index (χ3n) is 2.00. The molecule has 0 spiro atoms. The summed E-state index contributed by atoms with van der Waals surface area (Å²) in [5, 5.41) is 9.71. The van der Waals surface area contributed by atoms with Crippen molar-refractivity contribution in [3.63, 3.8) is 0 Å². The first-order valence-corrected chi connectivity index (χ1v) is 3.99. The van der Waals surface area contributed by atoms with Crippen LogP contribution in [0.15, 0.2) is 0 Å². The first kappa shape index (κ1) is 9.31. The average Bonchev–Trinajstić information content (AvgIpc) is 1.86. The van der Waals surface area contributed by atoms with Crippen molar-refractivity contribution in [2.24, 2.45) is 0 Å². The van der Waals surface area contributed by atoms with E-state index in [9.17, 15) is 5.11 Å². The molecule has 0 bridgehead atoms. The Morgan fingerprint density at radius 3 is 1.78 bits per heavy atom. The molecule has 0 saturated carbocycles. The maximum absolute atomic E-state index is 9.63. The zero-order valence-corrected chi connectivity index (χ0v) is 7.28. The van der Waals surface area contributed by atoms with E-state index in [0.29, 0.717) is 0 Å². The van der Waals surface area contributed by atoms with E-state index < -0.39 is 5.60 Å². The summed E-state index contributed by atoms with van der Waals surface area (Å²) in [6, 6.07) is 0. The Bertz CT molecular complexity index is 77.0. The Morgan fingerprint density at radius 2 is 1.78 bits per heavy atom. The van der Waals surface area contributed by atoms with Crippen LogP contribution in [0, 0.1) is 0 Å². The van der Waals surface area contributed by atoms with Crippen molar-refractivity contribution in [2.45, 2.75) is 44.5 Å². The summed E-state index contributed by atoms with van der Waals surface area (Å²) in [4.78, 5) is 0. The molecule has 0 aliphatic heterocycles. The molecule has 1 atom stereocenters. The van der Waals surface area contributed by atoms with Crippen molar-refractivity contribution in [1.82, 2.24) is 0 Å². The Hall–Kier alpha value is 0.310. The van der Waals surface area contributed by atoms with Gasteiger partial charge in [-0.05, 0) is 12.8 Å². The van der Waals surface area contributed by atoms with Crippen LogP contribution in [0.5, 0.6) is 0 Å². The van der Waals surface area contributed by atoms with E-state index in [4.69, 9.17) is 0 Å². The van der Waals surface area contributed by atoms with Gasteiger partial charge in [0, 0.05) is 5.25 Å². The quantitative estimate of drug-likeness (QED) is 0.585. The molecule has 0 aromatic rings. The van der Waals surface area contributed by atoms with Crippen molar-refractivity contribution in [3.8, 4) is 0 Å². The molecule has 1 unspecified atom stereocenters. The third kappa shape index (κ3) is 2.18. The lowest BCUT2D eigenvalue weighted by atomic mass is 9.94. The molecule has 9 heavy (non-hydrogen) atoms. The van der Waals surface area contributed by atoms with Gasteiger partial charge in [-0.3, -0.25) is 0 Å². The summed E-state index contributed by atoms with van der Waals surface area (Å²) < 4.78 is 0. The van der Waals surface area contributed by atoms with E-state index in [1.165, 1.54) is 0 Å². The second kappa shape index (κ2) is 3.47. The first-order chi connectivity index (χ1) is 4.06. The van der Waals surface area contributed by atoms with Gasteiger partial charge < -0.3 is 5.11 Å². The largest absolute Gasteiger partial charge is 0.389 e. The molecule has 0 aromatic carbocycles. The smallest absolute Gasteiger partial charge is 0.0755 e.